The Kier molecular flexibility index (Phi) is 10.4. The molecule has 0 aliphatic carbocycles. The second-order valence-corrected chi connectivity index (χ2v) is 8.68. The zero-order chi connectivity index (χ0) is 22.9. The predicted molar refractivity (Wildman–Crippen MR) is 118 cm³/mol. The predicted octanol–water partition coefficient (Wildman–Crippen LogP) is 4.00. The van der Waals surface area contributed by atoms with E-state index in [4.69, 9.17) is 27.9 Å². The van der Waals surface area contributed by atoms with Crippen molar-refractivity contribution in [2.24, 2.45) is 0 Å². The minimum atomic E-state index is -1.01. The Morgan fingerprint density at radius 3 is 2.27 bits per heavy atom. The molecule has 0 aliphatic rings. The van der Waals surface area contributed by atoms with Crippen molar-refractivity contribution in [3.8, 4) is 0 Å². The molecule has 2 N–H and O–H groups in total. The standard InChI is InChI=1S/C21H30Cl2N2O5/c1-14-5-6-15(19(28)25(9-7-22)10-8-23)11-17(14)16(12-18(26)27)13-24-20(29)30-21(2,3)4/h5-6,11,16H,7-10,12-13H2,1-4H3,(H,24,29)(H,26,27). The normalized spacial score (nSPS) is 12.2. The number of halogens is 2. The maximum absolute atomic E-state index is 12.9. The van der Waals surface area contributed by atoms with Crippen LogP contribution in [-0.4, -0.2) is 65.0 Å². The number of carbonyl (C=O) groups excluding carboxylic acids is 2. The van der Waals surface area contributed by atoms with Crippen molar-refractivity contribution >= 4 is 41.2 Å². The number of rotatable bonds is 10. The van der Waals surface area contributed by atoms with Crippen LogP contribution in [0.1, 0.15) is 54.6 Å². The molecule has 1 atom stereocenters. The molecule has 168 valence electrons. The van der Waals surface area contributed by atoms with Crippen molar-refractivity contribution in [3.05, 3.63) is 34.9 Å². The first-order chi connectivity index (χ1) is 14.0. The van der Waals surface area contributed by atoms with Gasteiger partial charge in [0, 0.05) is 42.9 Å². The van der Waals surface area contributed by atoms with Gasteiger partial charge < -0.3 is 20.1 Å². The Morgan fingerprint density at radius 2 is 1.77 bits per heavy atom. The summed E-state index contributed by atoms with van der Waals surface area (Å²) in [5, 5.41) is 12.0. The fourth-order valence-electron chi connectivity index (χ4n) is 2.94. The van der Waals surface area contributed by atoms with Crippen molar-refractivity contribution in [1.82, 2.24) is 10.2 Å². The number of hydrogen-bond acceptors (Lipinski definition) is 4. The Hall–Kier alpha value is -1.99. The molecule has 1 aromatic rings. The maximum atomic E-state index is 12.9. The zero-order valence-electron chi connectivity index (χ0n) is 17.8. The van der Waals surface area contributed by atoms with Crippen LogP contribution in [0, 0.1) is 6.92 Å². The average Bonchev–Trinajstić information content (AvgIpc) is 2.63. The van der Waals surface area contributed by atoms with Gasteiger partial charge in [0.1, 0.15) is 5.60 Å². The maximum Gasteiger partial charge on any atom is 0.407 e. The Bertz CT molecular complexity index is 743. The van der Waals surface area contributed by atoms with E-state index in [9.17, 15) is 19.5 Å². The summed E-state index contributed by atoms with van der Waals surface area (Å²) >= 11 is 11.6. The number of carbonyl (C=O) groups is 3. The Labute approximate surface area is 187 Å². The van der Waals surface area contributed by atoms with Crippen LogP contribution in [0.2, 0.25) is 0 Å². The van der Waals surface area contributed by atoms with E-state index < -0.39 is 23.6 Å². The summed E-state index contributed by atoms with van der Waals surface area (Å²) in [6, 6.07) is 5.14. The van der Waals surface area contributed by atoms with Crippen molar-refractivity contribution in [2.75, 3.05) is 31.4 Å². The Balaban J connectivity index is 3.12. The second kappa shape index (κ2) is 12.0. The molecular weight excluding hydrogens is 431 g/mol. The van der Waals surface area contributed by atoms with Crippen LogP contribution in [0.3, 0.4) is 0 Å². The summed E-state index contributed by atoms with van der Waals surface area (Å²) in [7, 11) is 0. The van der Waals surface area contributed by atoms with Crippen LogP contribution in [-0.2, 0) is 9.53 Å². The van der Waals surface area contributed by atoms with Gasteiger partial charge in [-0.3, -0.25) is 9.59 Å². The molecular formula is C21H30Cl2N2O5. The lowest BCUT2D eigenvalue weighted by Gasteiger charge is -2.24. The third-order valence-electron chi connectivity index (χ3n) is 4.27. The zero-order valence-corrected chi connectivity index (χ0v) is 19.3. The van der Waals surface area contributed by atoms with E-state index in [0.29, 0.717) is 24.2 Å². The number of hydrogen-bond donors (Lipinski definition) is 2. The van der Waals surface area contributed by atoms with Gasteiger partial charge in [-0.1, -0.05) is 6.07 Å². The van der Waals surface area contributed by atoms with Crippen molar-refractivity contribution in [2.45, 2.75) is 45.6 Å². The SMILES string of the molecule is Cc1ccc(C(=O)N(CCCl)CCCl)cc1C(CNC(=O)OC(C)(C)C)CC(=O)O. The third-order valence-corrected chi connectivity index (χ3v) is 4.61. The summed E-state index contributed by atoms with van der Waals surface area (Å²) in [6.45, 7) is 7.84. The minimum absolute atomic E-state index is 0.0623. The molecule has 30 heavy (non-hydrogen) atoms. The highest BCUT2D eigenvalue weighted by atomic mass is 35.5. The van der Waals surface area contributed by atoms with Gasteiger partial charge in [0.05, 0.1) is 6.42 Å². The number of nitrogens with zero attached hydrogens (tertiary/aromatic N) is 1. The van der Waals surface area contributed by atoms with Crippen LogP contribution >= 0.6 is 23.2 Å². The molecule has 0 saturated carbocycles. The van der Waals surface area contributed by atoms with Crippen LogP contribution in [0.15, 0.2) is 18.2 Å². The number of ether oxygens (including phenoxy) is 1. The monoisotopic (exact) mass is 460 g/mol. The van der Waals surface area contributed by atoms with E-state index in [0.717, 1.165) is 5.56 Å². The van der Waals surface area contributed by atoms with E-state index >= 15 is 0 Å². The van der Waals surface area contributed by atoms with Crippen molar-refractivity contribution < 1.29 is 24.2 Å². The molecule has 0 aromatic heterocycles. The summed E-state index contributed by atoms with van der Waals surface area (Å²) in [5.41, 5.74) is 1.25. The lowest BCUT2D eigenvalue weighted by molar-refractivity contribution is -0.137. The lowest BCUT2D eigenvalue weighted by Crippen LogP contribution is -2.36. The molecule has 0 heterocycles. The molecule has 2 amide bonds. The number of carboxylic acid groups (broad SMARTS) is 1. The summed E-state index contributed by atoms with van der Waals surface area (Å²) in [6.07, 6.45) is -0.834. The summed E-state index contributed by atoms with van der Waals surface area (Å²) < 4.78 is 5.22. The fourth-order valence-corrected chi connectivity index (χ4v) is 3.35. The van der Waals surface area contributed by atoms with Gasteiger partial charge in [-0.05, 0) is 51.0 Å². The molecule has 0 aliphatic heterocycles. The van der Waals surface area contributed by atoms with Crippen molar-refractivity contribution in [1.29, 1.82) is 0 Å². The van der Waals surface area contributed by atoms with Crippen LogP contribution in [0.4, 0.5) is 4.79 Å². The molecule has 0 spiro atoms. The summed E-state index contributed by atoms with van der Waals surface area (Å²) in [5.74, 6) is -1.21. The third kappa shape index (κ3) is 8.79. The number of alkyl halides is 2. The van der Waals surface area contributed by atoms with E-state index in [1.54, 1.807) is 43.9 Å². The highest BCUT2D eigenvalue weighted by Gasteiger charge is 2.23. The van der Waals surface area contributed by atoms with Gasteiger partial charge >= 0.3 is 12.1 Å². The molecule has 0 bridgehead atoms. The number of nitrogens with one attached hydrogen (secondary N) is 1. The first-order valence-electron chi connectivity index (χ1n) is 9.69. The smallest absolute Gasteiger partial charge is 0.407 e. The van der Waals surface area contributed by atoms with Gasteiger partial charge in [0.2, 0.25) is 0 Å². The molecule has 7 nitrogen and oxygen atoms in total. The van der Waals surface area contributed by atoms with E-state index in [1.165, 1.54) is 0 Å². The number of alkyl carbamates (subject to hydrolysis) is 1. The molecule has 0 saturated heterocycles. The van der Waals surface area contributed by atoms with Gasteiger partial charge in [-0.25, -0.2) is 4.79 Å². The first kappa shape index (κ1) is 26.0. The van der Waals surface area contributed by atoms with Crippen LogP contribution in [0.25, 0.3) is 0 Å². The quantitative estimate of drug-likeness (QED) is 0.514. The number of aryl methyl sites for hydroxylation is 1. The number of carboxylic acids is 1. The van der Waals surface area contributed by atoms with Crippen molar-refractivity contribution in [3.63, 3.8) is 0 Å². The van der Waals surface area contributed by atoms with Crippen LogP contribution in [0.5, 0.6) is 0 Å². The topological polar surface area (TPSA) is 95.9 Å². The number of aliphatic carboxylic acids is 1. The molecule has 1 unspecified atom stereocenters. The number of amides is 2. The van der Waals surface area contributed by atoms with Gasteiger partial charge in [-0.2, -0.15) is 0 Å². The molecule has 0 radical (unpaired) electrons. The molecule has 1 rings (SSSR count). The lowest BCUT2D eigenvalue weighted by atomic mass is 9.90. The average molecular weight is 461 g/mol. The molecule has 9 heteroatoms. The first-order valence-corrected chi connectivity index (χ1v) is 10.8. The summed E-state index contributed by atoms with van der Waals surface area (Å²) in [4.78, 5) is 37.8. The second-order valence-electron chi connectivity index (χ2n) is 7.92. The van der Waals surface area contributed by atoms with E-state index in [2.05, 4.69) is 5.32 Å². The highest BCUT2D eigenvalue weighted by Crippen LogP contribution is 2.25. The van der Waals surface area contributed by atoms with Crippen LogP contribution < -0.4 is 5.32 Å². The van der Waals surface area contributed by atoms with E-state index in [1.807, 2.05) is 6.92 Å². The largest absolute Gasteiger partial charge is 0.481 e. The van der Waals surface area contributed by atoms with E-state index in [-0.39, 0.29) is 30.6 Å². The fraction of sp³-hybridized carbons (Fsp3) is 0.571. The van der Waals surface area contributed by atoms with Gasteiger partial charge in [0.25, 0.3) is 5.91 Å². The Morgan fingerprint density at radius 1 is 1.17 bits per heavy atom. The molecule has 0 fully saturated rings. The minimum Gasteiger partial charge on any atom is -0.481 e. The molecule has 1 aromatic carbocycles. The highest BCUT2D eigenvalue weighted by molar-refractivity contribution is 6.18. The van der Waals surface area contributed by atoms with Gasteiger partial charge in [0.15, 0.2) is 0 Å². The number of benzene rings is 1. The van der Waals surface area contributed by atoms with Gasteiger partial charge in [-0.15, -0.1) is 23.2 Å².